The molecule has 2 N–H and O–H groups in total. The van der Waals surface area contributed by atoms with Gasteiger partial charge in [0.25, 0.3) is 5.69 Å². The quantitative estimate of drug-likeness (QED) is 0.345. The minimum atomic E-state index is -4.75. The Morgan fingerprint density at radius 2 is 2.05 bits per heavy atom. The lowest BCUT2D eigenvalue weighted by Gasteiger charge is -2.15. The fourth-order valence-electron chi connectivity index (χ4n) is 1.91. The summed E-state index contributed by atoms with van der Waals surface area (Å²) in [6.07, 6.45) is 1.31. The van der Waals surface area contributed by atoms with Gasteiger partial charge in [-0.3, -0.25) is 24.5 Å². The number of hydrogen-bond donors (Lipinski definition) is 2. The molecular formula is C12H17N2O6P. The molecule has 0 aromatic heterocycles. The molecule has 0 unspecified atom stereocenters. The van der Waals surface area contributed by atoms with E-state index in [0.717, 1.165) is 0 Å². The van der Waals surface area contributed by atoms with E-state index in [1.54, 1.807) is 6.07 Å². The summed E-state index contributed by atoms with van der Waals surface area (Å²) in [5.74, 6) is -0.126. The first-order valence-corrected chi connectivity index (χ1v) is 7.88. The van der Waals surface area contributed by atoms with Crippen LogP contribution in [0.15, 0.2) is 29.4 Å². The molecule has 0 amide bonds. The lowest BCUT2D eigenvalue weighted by atomic mass is 9.92. The zero-order valence-corrected chi connectivity index (χ0v) is 12.6. The molecule has 0 saturated carbocycles. The normalized spacial score (nSPS) is 12.5. The largest absolute Gasteiger partial charge is 0.545 e. The molecule has 8 nitrogen and oxygen atoms in total. The number of nitro groups is 1. The highest BCUT2D eigenvalue weighted by Gasteiger charge is 2.21. The Kier molecular flexibility index (Phi) is 6.02. The van der Waals surface area contributed by atoms with Gasteiger partial charge >= 0.3 is 7.82 Å². The highest BCUT2D eigenvalue weighted by atomic mass is 31.2. The van der Waals surface area contributed by atoms with Crippen LogP contribution in [0.5, 0.6) is 0 Å². The molecule has 116 valence electrons. The van der Waals surface area contributed by atoms with Crippen LogP contribution in [0, 0.1) is 16.0 Å². The standard InChI is InChI=1S/C12H17N2O6P/c1-3-9(4-2)12(13-20-21(17,18)19)10-6-5-7-11(8-10)14(15)16/h5-9H,3-4H2,1-2H3,(H2,17,18,19). The first-order valence-electron chi connectivity index (χ1n) is 6.35. The minimum Gasteiger partial charge on any atom is -0.292 e. The van der Waals surface area contributed by atoms with Crippen LogP contribution >= 0.6 is 7.82 Å². The highest BCUT2D eigenvalue weighted by molar-refractivity contribution is 7.46. The van der Waals surface area contributed by atoms with E-state index in [-0.39, 0.29) is 17.3 Å². The molecule has 21 heavy (non-hydrogen) atoms. The van der Waals surface area contributed by atoms with Crippen LogP contribution < -0.4 is 0 Å². The zero-order valence-electron chi connectivity index (χ0n) is 11.7. The molecule has 0 saturated heterocycles. The summed E-state index contributed by atoms with van der Waals surface area (Å²) < 4.78 is 15.0. The SMILES string of the molecule is CCC(CC)C(=NOP(=O)(O)O)c1cccc([N+](=O)[O-])c1. The van der Waals surface area contributed by atoms with Gasteiger partial charge in [0.2, 0.25) is 0 Å². The molecule has 0 aliphatic heterocycles. The molecule has 0 bridgehead atoms. The van der Waals surface area contributed by atoms with Gasteiger partial charge in [0.05, 0.1) is 10.6 Å². The number of benzene rings is 1. The van der Waals surface area contributed by atoms with Gasteiger partial charge in [-0.2, -0.15) is 0 Å². The summed E-state index contributed by atoms with van der Waals surface area (Å²) in [5, 5.41) is 14.4. The predicted molar refractivity (Wildman–Crippen MR) is 76.8 cm³/mol. The summed E-state index contributed by atoms with van der Waals surface area (Å²) >= 11 is 0. The van der Waals surface area contributed by atoms with Crippen LogP contribution in [-0.4, -0.2) is 20.4 Å². The number of nitro benzene ring substituents is 1. The summed E-state index contributed by atoms with van der Waals surface area (Å²) in [4.78, 5) is 27.8. The fraction of sp³-hybridized carbons (Fsp3) is 0.417. The van der Waals surface area contributed by atoms with E-state index in [2.05, 4.69) is 9.78 Å². The first-order chi connectivity index (χ1) is 9.78. The maximum Gasteiger partial charge on any atom is 0.545 e. The maximum absolute atomic E-state index is 10.8. The van der Waals surface area contributed by atoms with Crippen molar-refractivity contribution in [2.24, 2.45) is 11.1 Å². The Bertz CT molecular complexity index is 579. The molecule has 0 aliphatic carbocycles. The van der Waals surface area contributed by atoms with E-state index in [1.807, 2.05) is 13.8 Å². The molecule has 0 fully saturated rings. The van der Waals surface area contributed by atoms with Crippen molar-refractivity contribution in [3.8, 4) is 0 Å². The average Bonchev–Trinajstić information content (AvgIpc) is 2.42. The molecule has 1 aromatic carbocycles. The van der Waals surface area contributed by atoms with Crippen LogP contribution in [0.1, 0.15) is 32.3 Å². The average molecular weight is 316 g/mol. The smallest absolute Gasteiger partial charge is 0.292 e. The van der Waals surface area contributed by atoms with E-state index in [1.165, 1.54) is 18.2 Å². The van der Waals surface area contributed by atoms with Crippen molar-refractivity contribution in [1.29, 1.82) is 0 Å². The van der Waals surface area contributed by atoms with Gasteiger partial charge in [0.15, 0.2) is 0 Å². The molecule has 0 aliphatic rings. The van der Waals surface area contributed by atoms with Crippen LogP contribution in [0.4, 0.5) is 5.69 Å². The van der Waals surface area contributed by atoms with E-state index in [4.69, 9.17) is 9.79 Å². The van der Waals surface area contributed by atoms with Crippen molar-refractivity contribution in [2.45, 2.75) is 26.7 Å². The van der Waals surface area contributed by atoms with E-state index in [0.29, 0.717) is 18.4 Å². The van der Waals surface area contributed by atoms with E-state index in [9.17, 15) is 14.7 Å². The van der Waals surface area contributed by atoms with Crippen LogP contribution in [0.3, 0.4) is 0 Å². The summed E-state index contributed by atoms with van der Waals surface area (Å²) in [6.45, 7) is 3.77. The van der Waals surface area contributed by atoms with Gasteiger partial charge in [-0.1, -0.05) is 31.1 Å². The van der Waals surface area contributed by atoms with Gasteiger partial charge in [-0.15, -0.1) is 0 Å². The second kappa shape index (κ2) is 7.31. The Morgan fingerprint density at radius 1 is 1.43 bits per heavy atom. The molecule has 0 radical (unpaired) electrons. The highest BCUT2D eigenvalue weighted by Crippen LogP contribution is 2.37. The van der Waals surface area contributed by atoms with Crippen LogP contribution in [0.25, 0.3) is 0 Å². The third-order valence-corrected chi connectivity index (χ3v) is 3.26. The molecule has 1 aromatic rings. The van der Waals surface area contributed by atoms with Crippen molar-refractivity contribution in [3.63, 3.8) is 0 Å². The number of phosphoric acid groups is 1. The van der Waals surface area contributed by atoms with Crippen molar-refractivity contribution in [3.05, 3.63) is 39.9 Å². The van der Waals surface area contributed by atoms with Gasteiger partial charge in [-0.25, -0.2) is 4.57 Å². The Balaban J connectivity index is 3.26. The second-order valence-electron chi connectivity index (χ2n) is 4.37. The van der Waals surface area contributed by atoms with Crippen molar-refractivity contribution in [1.82, 2.24) is 0 Å². The van der Waals surface area contributed by atoms with Crippen LogP contribution in [-0.2, 0) is 9.19 Å². The molecular weight excluding hydrogens is 299 g/mol. The topological polar surface area (TPSA) is 122 Å². The number of rotatable bonds is 7. The molecule has 9 heteroatoms. The summed E-state index contributed by atoms with van der Waals surface area (Å²) in [6, 6.07) is 5.72. The monoisotopic (exact) mass is 316 g/mol. The van der Waals surface area contributed by atoms with Gasteiger partial charge in [-0.05, 0) is 12.8 Å². The Morgan fingerprint density at radius 3 is 2.52 bits per heavy atom. The number of hydrogen-bond acceptors (Lipinski definition) is 5. The van der Waals surface area contributed by atoms with Crippen molar-refractivity contribution < 1.29 is 23.9 Å². The fourth-order valence-corrected chi connectivity index (χ4v) is 2.11. The molecule has 0 atom stereocenters. The molecule has 0 heterocycles. The van der Waals surface area contributed by atoms with E-state index >= 15 is 0 Å². The Hall–Kier alpha value is -1.76. The Labute approximate surface area is 121 Å². The third-order valence-electron chi connectivity index (χ3n) is 2.97. The number of nitrogens with zero attached hydrogens (tertiary/aromatic N) is 2. The maximum atomic E-state index is 10.8. The number of non-ortho nitro benzene ring substituents is 1. The lowest BCUT2D eigenvalue weighted by molar-refractivity contribution is -0.384. The first kappa shape index (κ1) is 17.3. The van der Waals surface area contributed by atoms with E-state index < -0.39 is 12.7 Å². The van der Waals surface area contributed by atoms with Crippen molar-refractivity contribution in [2.75, 3.05) is 0 Å². The minimum absolute atomic E-state index is 0.123. The predicted octanol–water partition coefficient (Wildman–Crippen LogP) is 2.84. The third kappa shape index (κ3) is 5.26. The van der Waals surface area contributed by atoms with Gasteiger partial charge < -0.3 is 0 Å². The lowest BCUT2D eigenvalue weighted by Crippen LogP contribution is -2.15. The molecule has 1 rings (SSSR count). The zero-order chi connectivity index (χ0) is 16.0. The summed E-state index contributed by atoms with van der Waals surface area (Å²) in [7, 11) is -4.75. The molecule has 0 spiro atoms. The summed E-state index contributed by atoms with van der Waals surface area (Å²) in [5.41, 5.74) is 0.570. The van der Waals surface area contributed by atoms with Crippen LogP contribution in [0.2, 0.25) is 0 Å². The second-order valence-corrected chi connectivity index (χ2v) is 5.51. The van der Waals surface area contributed by atoms with Gasteiger partial charge in [0.1, 0.15) is 0 Å². The van der Waals surface area contributed by atoms with Crippen molar-refractivity contribution >= 4 is 19.2 Å². The van der Waals surface area contributed by atoms with Gasteiger partial charge in [0, 0.05) is 23.6 Å². The number of oxime groups is 1.